The summed E-state index contributed by atoms with van der Waals surface area (Å²) in [7, 11) is 1.67. The molecule has 5 heteroatoms. The molecule has 0 bridgehead atoms. The third kappa shape index (κ3) is 4.50. The molecule has 1 atom stereocenters. The second kappa shape index (κ2) is 8.32. The van der Waals surface area contributed by atoms with Crippen LogP contribution >= 0.6 is 12.2 Å². The van der Waals surface area contributed by atoms with Crippen molar-refractivity contribution in [1.82, 2.24) is 9.80 Å². The van der Waals surface area contributed by atoms with Gasteiger partial charge >= 0.3 is 0 Å². The predicted octanol–water partition coefficient (Wildman–Crippen LogP) is 3.77. The lowest BCUT2D eigenvalue weighted by molar-refractivity contribution is 0.142. The van der Waals surface area contributed by atoms with E-state index in [0.29, 0.717) is 6.04 Å². The Morgan fingerprint density at radius 3 is 2.44 bits per heavy atom. The van der Waals surface area contributed by atoms with Crippen molar-refractivity contribution in [3.05, 3.63) is 60.2 Å². The van der Waals surface area contributed by atoms with Gasteiger partial charge in [-0.2, -0.15) is 0 Å². The number of nitrogens with zero attached hydrogens (tertiary/aromatic N) is 2. The largest absolute Gasteiger partial charge is 0.497 e. The third-order valence-corrected chi connectivity index (χ3v) is 5.11. The average Bonchev–Trinajstić information content (AvgIpc) is 2.68. The summed E-state index contributed by atoms with van der Waals surface area (Å²) in [4.78, 5) is 4.75. The molecule has 2 aromatic carbocycles. The van der Waals surface area contributed by atoms with Gasteiger partial charge in [-0.05, 0) is 36.8 Å². The molecule has 2 aromatic rings. The van der Waals surface area contributed by atoms with Crippen molar-refractivity contribution < 1.29 is 4.74 Å². The van der Waals surface area contributed by atoms with Crippen molar-refractivity contribution in [2.75, 3.05) is 38.6 Å². The van der Waals surface area contributed by atoms with Gasteiger partial charge in [0.05, 0.1) is 7.11 Å². The van der Waals surface area contributed by atoms with Crippen molar-refractivity contribution in [3.8, 4) is 5.75 Å². The highest BCUT2D eigenvalue weighted by Gasteiger charge is 2.23. The monoisotopic (exact) mass is 355 g/mol. The maximum Gasteiger partial charge on any atom is 0.173 e. The minimum absolute atomic E-state index is 0.434. The first kappa shape index (κ1) is 17.7. The van der Waals surface area contributed by atoms with Gasteiger partial charge in [-0.15, -0.1) is 0 Å². The fourth-order valence-electron chi connectivity index (χ4n) is 3.16. The third-order valence-electron chi connectivity index (χ3n) is 4.75. The Hall–Kier alpha value is -2.11. The van der Waals surface area contributed by atoms with E-state index in [1.54, 1.807) is 7.11 Å². The molecule has 0 spiro atoms. The number of rotatable bonds is 4. The Labute approximate surface area is 155 Å². The Morgan fingerprint density at radius 2 is 1.76 bits per heavy atom. The highest BCUT2D eigenvalue weighted by Crippen LogP contribution is 2.22. The van der Waals surface area contributed by atoms with Crippen LogP contribution in [0.5, 0.6) is 5.75 Å². The van der Waals surface area contributed by atoms with Crippen LogP contribution in [0.3, 0.4) is 0 Å². The number of piperazine rings is 1. The van der Waals surface area contributed by atoms with E-state index in [9.17, 15) is 0 Å². The van der Waals surface area contributed by atoms with Gasteiger partial charge in [-0.25, -0.2) is 0 Å². The van der Waals surface area contributed by atoms with Crippen LogP contribution in [0.1, 0.15) is 18.5 Å². The van der Waals surface area contributed by atoms with Crippen LogP contribution in [-0.2, 0) is 0 Å². The van der Waals surface area contributed by atoms with E-state index in [-0.39, 0.29) is 0 Å². The number of hydrogen-bond donors (Lipinski definition) is 1. The molecular weight excluding hydrogens is 330 g/mol. The van der Waals surface area contributed by atoms with E-state index in [4.69, 9.17) is 17.0 Å². The van der Waals surface area contributed by atoms with Gasteiger partial charge in [0, 0.05) is 44.0 Å². The Morgan fingerprint density at radius 1 is 1.04 bits per heavy atom. The number of methoxy groups -OCH3 is 1. The standard InChI is InChI=1S/C20H25N3OS/c1-16(17-7-4-3-5-8-17)22-11-13-23(14-12-22)20(25)21-18-9-6-10-19(15-18)24-2/h3-10,15-16H,11-14H2,1-2H3,(H,21,25). The van der Waals surface area contributed by atoms with Crippen molar-refractivity contribution in [1.29, 1.82) is 0 Å². The highest BCUT2D eigenvalue weighted by atomic mass is 32.1. The second-order valence-corrected chi connectivity index (χ2v) is 6.66. The quantitative estimate of drug-likeness (QED) is 0.843. The molecule has 0 radical (unpaired) electrons. The molecule has 1 aliphatic rings. The summed E-state index contributed by atoms with van der Waals surface area (Å²) in [6, 6.07) is 19.0. The number of anilines is 1. The molecule has 1 unspecified atom stereocenters. The van der Waals surface area contributed by atoms with Gasteiger partial charge in [-0.3, -0.25) is 4.90 Å². The second-order valence-electron chi connectivity index (χ2n) is 6.27. The Bertz CT molecular complexity index is 699. The van der Waals surface area contributed by atoms with Gasteiger partial charge in [0.15, 0.2) is 5.11 Å². The molecule has 25 heavy (non-hydrogen) atoms. The van der Waals surface area contributed by atoms with Crippen molar-refractivity contribution >= 4 is 23.0 Å². The van der Waals surface area contributed by atoms with Crippen LogP contribution in [0.15, 0.2) is 54.6 Å². The first-order valence-corrected chi connectivity index (χ1v) is 9.07. The van der Waals surface area contributed by atoms with Crippen LogP contribution in [0.2, 0.25) is 0 Å². The molecule has 0 saturated carbocycles. The minimum Gasteiger partial charge on any atom is -0.497 e. The zero-order valence-electron chi connectivity index (χ0n) is 14.8. The molecule has 1 heterocycles. The van der Waals surface area contributed by atoms with Gasteiger partial charge in [-0.1, -0.05) is 36.4 Å². The Kier molecular flexibility index (Phi) is 5.89. The first-order chi connectivity index (χ1) is 12.2. The Balaban J connectivity index is 1.54. The number of thiocarbonyl (C=S) groups is 1. The summed E-state index contributed by atoms with van der Waals surface area (Å²) in [5.74, 6) is 0.828. The summed E-state index contributed by atoms with van der Waals surface area (Å²) in [5.41, 5.74) is 2.33. The molecule has 1 aliphatic heterocycles. The summed E-state index contributed by atoms with van der Waals surface area (Å²) in [6.45, 7) is 6.17. The van der Waals surface area contributed by atoms with Gasteiger partial charge in [0.25, 0.3) is 0 Å². The first-order valence-electron chi connectivity index (χ1n) is 8.66. The van der Waals surface area contributed by atoms with Crippen molar-refractivity contribution in [2.45, 2.75) is 13.0 Å². The highest BCUT2D eigenvalue weighted by molar-refractivity contribution is 7.80. The molecule has 0 aromatic heterocycles. The lowest BCUT2D eigenvalue weighted by atomic mass is 10.1. The zero-order chi connectivity index (χ0) is 17.6. The molecule has 3 rings (SSSR count). The topological polar surface area (TPSA) is 27.7 Å². The van der Waals surface area contributed by atoms with Crippen molar-refractivity contribution in [3.63, 3.8) is 0 Å². The smallest absolute Gasteiger partial charge is 0.173 e. The minimum atomic E-state index is 0.434. The number of nitrogens with one attached hydrogen (secondary N) is 1. The van der Waals surface area contributed by atoms with Gasteiger partial charge in [0.2, 0.25) is 0 Å². The van der Waals surface area contributed by atoms with Crippen LogP contribution < -0.4 is 10.1 Å². The SMILES string of the molecule is COc1cccc(NC(=S)N2CCN(C(C)c3ccccc3)CC2)c1. The molecule has 4 nitrogen and oxygen atoms in total. The molecule has 0 amide bonds. The molecule has 0 aliphatic carbocycles. The van der Waals surface area contributed by atoms with Crippen LogP contribution in [0, 0.1) is 0 Å². The summed E-state index contributed by atoms with van der Waals surface area (Å²) in [6.07, 6.45) is 0. The number of benzene rings is 2. The maximum absolute atomic E-state index is 5.59. The number of ether oxygens (including phenoxy) is 1. The fraction of sp³-hybridized carbons (Fsp3) is 0.350. The van der Waals surface area contributed by atoms with Crippen molar-refractivity contribution in [2.24, 2.45) is 0 Å². The van der Waals surface area contributed by atoms with E-state index < -0.39 is 0 Å². The molecule has 1 saturated heterocycles. The predicted molar refractivity (Wildman–Crippen MR) is 107 cm³/mol. The van der Waals surface area contributed by atoms with Gasteiger partial charge in [0.1, 0.15) is 5.75 Å². The molecule has 132 valence electrons. The fourth-order valence-corrected chi connectivity index (χ4v) is 3.46. The summed E-state index contributed by atoms with van der Waals surface area (Å²) >= 11 is 5.59. The van der Waals surface area contributed by atoms with E-state index in [1.165, 1.54) is 5.56 Å². The van der Waals surface area contributed by atoms with E-state index in [2.05, 4.69) is 52.4 Å². The van der Waals surface area contributed by atoms with Gasteiger partial charge < -0.3 is 15.0 Å². The van der Waals surface area contributed by atoms with E-state index in [1.807, 2.05) is 24.3 Å². The number of hydrogen-bond acceptors (Lipinski definition) is 3. The summed E-state index contributed by atoms with van der Waals surface area (Å²) < 4.78 is 5.26. The van der Waals surface area contributed by atoms with E-state index in [0.717, 1.165) is 42.7 Å². The zero-order valence-corrected chi connectivity index (χ0v) is 15.6. The van der Waals surface area contributed by atoms with Crippen LogP contribution in [-0.4, -0.2) is 48.2 Å². The lowest BCUT2D eigenvalue weighted by Crippen LogP contribution is -2.50. The lowest BCUT2D eigenvalue weighted by Gasteiger charge is -2.39. The van der Waals surface area contributed by atoms with E-state index >= 15 is 0 Å². The average molecular weight is 356 g/mol. The molecular formula is C20H25N3OS. The summed E-state index contributed by atoms with van der Waals surface area (Å²) in [5, 5.41) is 4.10. The van der Waals surface area contributed by atoms with Crippen LogP contribution in [0.4, 0.5) is 5.69 Å². The molecule has 1 fully saturated rings. The maximum atomic E-state index is 5.59. The molecule has 1 N–H and O–H groups in total. The van der Waals surface area contributed by atoms with Crippen LogP contribution in [0.25, 0.3) is 0 Å². The normalized spacial score (nSPS) is 16.3.